The predicted octanol–water partition coefficient (Wildman–Crippen LogP) is 4.80. The Bertz CT molecular complexity index is 1280. The van der Waals surface area contributed by atoms with Crippen LogP contribution < -0.4 is 16.5 Å². The van der Waals surface area contributed by atoms with Crippen molar-refractivity contribution in [1.82, 2.24) is 5.01 Å². The highest BCUT2D eigenvalue weighted by Crippen LogP contribution is 2.31. The molecular formula is C29H32F5N5O2. The minimum absolute atomic E-state index is 0.104. The summed E-state index contributed by atoms with van der Waals surface area (Å²) in [5.41, 5.74) is 7.93. The number of amides is 1. The first-order valence-corrected chi connectivity index (χ1v) is 12.4. The second-order valence-corrected chi connectivity index (χ2v) is 8.93. The van der Waals surface area contributed by atoms with Gasteiger partial charge in [-0.2, -0.15) is 17.6 Å². The molecule has 2 heterocycles. The molecule has 12 heteroatoms. The van der Waals surface area contributed by atoms with Gasteiger partial charge in [0.1, 0.15) is 18.4 Å². The third-order valence-electron chi connectivity index (χ3n) is 5.99. The molecular weight excluding hydrogens is 545 g/mol. The van der Waals surface area contributed by atoms with Crippen molar-refractivity contribution in [2.45, 2.75) is 31.5 Å². The van der Waals surface area contributed by atoms with E-state index in [0.717, 1.165) is 11.1 Å². The van der Waals surface area contributed by atoms with E-state index in [-0.39, 0.29) is 37.4 Å². The van der Waals surface area contributed by atoms with Crippen LogP contribution in [0.1, 0.15) is 18.4 Å². The number of aryl methyl sites for hydroxylation is 1. The van der Waals surface area contributed by atoms with Gasteiger partial charge in [-0.3, -0.25) is 9.79 Å². The summed E-state index contributed by atoms with van der Waals surface area (Å²) in [6, 6.07) is 5.31. The van der Waals surface area contributed by atoms with E-state index < -0.39 is 36.5 Å². The Balaban J connectivity index is 0.00000287. The zero-order chi connectivity index (χ0) is 30.6. The molecule has 0 saturated carbocycles. The van der Waals surface area contributed by atoms with Crippen molar-refractivity contribution in [3.63, 3.8) is 0 Å². The first kappa shape index (κ1) is 33.0. The normalized spacial score (nSPS) is 18.4. The molecule has 0 fully saturated rings. The molecule has 0 saturated heterocycles. The molecule has 1 unspecified atom stereocenters. The molecule has 0 bridgehead atoms. The van der Waals surface area contributed by atoms with Gasteiger partial charge in [-0.1, -0.05) is 30.4 Å². The summed E-state index contributed by atoms with van der Waals surface area (Å²) >= 11 is 0. The molecule has 1 atom stereocenters. The highest BCUT2D eigenvalue weighted by atomic mass is 19.4. The van der Waals surface area contributed by atoms with Crippen molar-refractivity contribution < 1.29 is 31.5 Å². The number of rotatable bonds is 9. The number of anilines is 1. The molecule has 3 rings (SSSR count). The van der Waals surface area contributed by atoms with E-state index in [4.69, 9.17) is 16.3 Å². The van der Waals surface area contributed by atoms with Crippen molar-refractivity contribution >= 4 is 17.6 Å². The van der Waals surface area contributed by atoms with Gasteiger partial charge in [0, 0.05) is 19.0 Å². The second-order valence-electron chi connectivity index (χ2n) is 8.93. The van der Waals surface area contributed by atoms with Crippen LogP contribution in [0, 0.1) is 12.8 Å². The van der Waals surface area contributed by atoms with Gasteiger partial charge in [-0.15, -0.1) is 12.8 Å². The number of fused-ring (bicyclic) bond motifs is 1. The Labute approximate surface area is 236 Å². The van der Waals surface area contributed by atoms with Crippen molar-refractivity contribution in [2.24, 2.45) is 16.6 Å². The topological polar surface area (TPSA) is 97.2 Å². The zero-order valence-corrected chi connectivity index (χ0v) is 22.5. The number of hydrogen-bond acceptors (Lipinski definition) is 6. The van der Waals surface area contributed by atoms with Crippen LogP contribution in [0.2, 0.25) is 0 Å². The number of carbonyl (C=O) groups excluding carboxylic acids is 1. The quantitative estimate of drug-likeness (QED) is 0.145. The third-order valence-corrected chi connectivity index (χ3v) is 5.99. The van der Waals surface area contributed by atoms with Crippen LogP contribution in [0.3, 0.4) is 0 Å². The van der Waals surface area contributed by atoms with E-state index in [1.54, 1.807) is 36.4 Å². The first-order valence-electron chi connectivity index (χ1n) is 12.4. The zero-order valence-electron chi connectivity index (χ0n) is 22.5. The van der Waals surface area contributed by atoms with Gasteiger partial charge < -0.3 is 20.4 Å². The Kier molecular flexibility index (Phi) is 12.5. The third kappa shape index (κ3) is 10.0. The molecule has 0 aromatic heterocycles. The van der Waals surface area contributed by atoms with Crippen molar-refractivity contribution in [2.75, 3.05) is 31.7 Å². The summed E-state index contributed by atoms with van der Waals surface area (Å²) in [6.45, 7) is -1.67. The summed E-state index contributed by atoms with van der Waals surface area (Å²) in [5.74, 6) is 4.01. The van der Waals surface area contributed by atoms with Crippen LogP contribution in [0.15, 0.2) is 88.5 Å². The maximum atomic E-state index is 13.7. The summed E-state index contributed by atoms with van der Waals surface area (Å²) in [4.78, 5) is 17.4. The lowest BCUT2D eigenvalue weighted by molar-refractivity contribution is -0.135. The van der Waals surface area contributed by atoms with E-state index in [1.165, 1.54) is 25.5 Å². The number of para-hydroxylation sites is 1. The molecule has 0 spiro atoms. The number of terminal acetylenes is 1. The van der Waals surface area contributed by atoms with Crippen LogP contribution in [0.4, 0.5) is 27.6 Å². The van der Waals surface area contributed by atoms with Gasteiger partial charge in [0.05, 0.1) is 18.8 Å². The maximum absolute atomic E-state index is 13.7. The lowest BCUT2D eigenvalue weighted by atomic mass is 10.1. The van der Waals surface area contributed by atoms with Crippen LogP contribution in [-0.4, -0.2) is 55.9 Å². The summed E-state index contributed by atoms with van der Waals surface area (Å²) in [7, 11) is 1.47. The number of aliphatic imine (C=N–C) groups is 1. The summed E-state index contributed by atoms with van der Waals surface area (Å²) in [5, 5.41) is 1.01. The molecule has 41 heavy (non-hydrogen) atoms. The average Bonchev–Trinajstić information content (AvgIpc) is 3.17. The smallest absolute Gasteiger partial charge is 0.397 e. The van der Waals surface area contributed by atoms with E-state index in [1.807, 2.05) is 0 Å². The van der Waals surface area contributed by atoms with E-state index in [2.05, 4.69) is 17.8 Å². The van der Waals surface area contributed by atoms with E-state index >= 15 is 0 Å². The standard InChI is InChI=1S/C27H30F5N5O2.C2H2/c1-39-12-11-19(7-4-5-18-13-21(28)15-35-25(29)14-18)22(33)16-37(34)24-10-9-20-6-2-3-8-23(20)36(26(24)38)17-27(30,31)32;1-2/h2-4,6-8,11,13-14,16,24H,5,9-10,12,15,17,33-34H2,1H3;1-2H/b7-4-,19-11+,22-16-;. The summed E-state index contributed by atoms with van der Waals surface area (Å²) < 4.78 is 72.5. The Morgan fingerprint density at radius 2 is 1.95 bits per heavy atom. The van der Waals surface area contributed by atoms with E-state index in [9.17, 15) is 26.7 Å². The number of nitrogens with zero attached hydrogens (tertiary/aromatic N) is 3. The highest BCUT2D eigenvalue weighted by molar-refractivity contribution is 5.98. The Morgan fingerprint density at radius 1 is 1.24 bits per heavy atom. The number of methoxy groups -OCH3 is 1. The Hall–Kier alpha value is -4.21. The molecule has 4 N–H and O–H groups in total. The number of carbonyl (C=O) groups is 1. The number of nitrogens with two attached hydrogens (primary N) is 2. The van der Waals surface area contributed by atoms with Crippen molar-refractivity contribution in [3.05, 3.63) is 89.1 Å². The minimum atomic E-state index is -4.62. The molecule has 2 aliphatic rings. The molecule has 1 aromatic carbocycles. The lowest BCUT2D eigenvalue weighted by Crippen LogP contribution is -2.51. The monoisotopic (exact) mass is 577 g/mol. The fourth-order valence-electron chi connectivity index (χ4n) is 4.18. The molecule has 7 nitrogen and oxygen atoms in total. The average molecular weight is 578 g/mol. The van der Waals surface area contributed by atoms with Gasteiger partial charge in [-0.05, 0) is 60.3 Å². The second kappa shape index (κ2) is 15.5. The summed E-state index contributed by atoms with van der Waals surface area (Å²) in [6.07, 6.45) is 12.5. The van der Waals surface area contributed by atoms with Crippen LogP contribution in [-0.2, 0) is 16.0 Å². The lowest BCUT2D eigenvalue weighted by Gasteiger charge is -2.30. The Morgan fingerprint density at radius 3 is 2.63 bits per heavy atom. The number of benzene rings is 1. The number of hydrogen-bond donors (Lipinski definition) is 2. The molecule has 1 amide bonds. The largest absolute Gasteiger partial charge is 0.406 e. The van der Waals surface area contributed by atoms with Gasteiger partial charge >= 0.3 is 6.18 Å². The fourth-order valence-corrected chi connectivity index (χ4v) is 4.18. The number of hydrazine groups is 1. The fraction of sp³-hybridized carbons (Fsp3) is 0.310. The molecule has 0 radical (unpaired) electrons. The van der Waals surface area contributed by atoms with Crippen LogP contribution >= 0.6 is 0 Å². The van der Waals surface area contributed by atoms with E-state index in [0.29, 0.717) is 28.0 Å². The molecule has 2 aliphatic heterocycles. The highest BCUT2D eigenvalue weighted by Gasteiger charge is 2.39. The van der Waals surface area contributed by atoms with Crippen molar-refractivity contribution in [3.8, 4) is 12.8 Å². The van der Waals surface area contributed by atoms with Gasteiger partial charge in [-0.25, -0.2) is 10.2 Å². The number of allylic oxidation sites excluding steroid dienone is 5. The van der Waals surface area contributed by atoms with Crippen LogP contribution in [0.25, 0.3) is 0 Å². The SMILES string of the molecule is C#C.COC/C=C(\C=C/CC1=CC(F)=NCC(F)=C1)C(/N)=C/N(N)C1CCc2ccccc2N(CC(F)(F)F)C1=O. The molecule has 0 aliphatic carbocycles. The van der Waals surface area contributed by atoms with Gasteiger partial charge in [0.2, 0.25) is 5.97 Å². The van der Waals surface area contributed by atoms with Gasteiger partial charge in [0.15, 0.2) is 0 Å². The molecule has 1 aromatic rings. The van der Waals surface area contributed by atoms with Crippen molar-refractivity contribution in [1.29, 1.82) is 0 Å². The number of alkyl halides is 3. The van der Waals surface area contributed by atoms with Gasteiger partial charge in [0.25, 0.3) is 5.91 Å². The number of halogens is 5. The van der Waals surface area contributed by atoms with Crippen LogP contribution in [0.5, 0.6) is 0 Å². The number of ether oxygens (including phenoxy) is 1. The predicted molar refractivity (Wildman–Crippen MR) is 150 cm³/mol. The first-order chi connectivity index (χ1) is 19.5. The maximum Gasteiger partial charge on any atom is 0.406 e. The minimum Gasteiger partial charge on any atom is -0.397 e. The molecule has 220 valence electrons.